The van der Waals surface area contributed by atoms with E-state index in [0.29, 0.717) is 24.9 Å². The number of thiophene rings is 2. The summed E-state index contributed by atoms with van der Waals surface area (Å²) in [5, 5.41) is 4.05. The van der Waals surface area contributed by atoms with Crippen LogP contribution in [0, 0.1) is 0 Å². The molecule has 2 aromatic heterocycles. The second kappa shape index (κ2) is 6.75. The highest BCUT2D eigenvalue weighted by Crippen LogP contribution is 2.42. The Kier molecular flexibility index (Phi) is 4.19. The van der Waals surface area contributed by atoms with Crippen molar-refractivity contribution in [2.45, 2.75) is 36.2 Å². The van der Waals surface area contributed by atoms with Crippen molar-refractivity contribution >= 4 is 44.5 Å². The summed E-state index contributed by atoms with van der Waals surface area (Å²) in [6.07, 6.45) is 2.17. The van der Waals surface area contributed by atoms with E-state index in [9.17, 15) is 18.0 Å². The van der Waals surface area contributed by atoms with Gasteiger partial charge in [-0.15, -0.1) is 22.7 Å². The standard InChI is InChI=1S/C22H18N2O4S3/c25-21(23-9-7-17-15(8-11-30-17)20(23)18-2-1-10-29-18)13-3-6-16-19(12-13)31(27,28)24(22(16)26)14-4-5-14/h1-3,6,8,10-12,14,20H,4-5,7,9H2. The summed E-state index contributed by atoms with van der Waals surface area (Å²) in [5.41, 5.74) is 1.60. The number of rotatable bonds is 3. The van der Waals surface area contributed by atoms with E-state index >= 15 is 0 Å². The van der Waals surface area contributed by atoms with E-state index in [1.807, 2.05) is 22.4 Å². The van der Waals surface area contributed by atoms with Crippen LogP contribution in [-0.4, -0.2) is 42.0 Å². The molecule has 1 atom stereocenters. The van der Waals surface area contributed by atoms with Crippen LogP contribution in [0.3, 0.4) is 0 Å². The smallest absolute Gasteiger partial charge is 0.269 e. The lowest BCUT2D eigenvalue weighted by atomic mass is 9.97. The molecule has 1 saturated carbocycles. The number of carbonyl (C=O) groups is 2. The lowest BCUT2D eigenvalue weighted by molar-refractivity contribution is 0.0697. The second-order valence-corrected chi connectivity index (χ2v) is 11.8. The Morgan fingerprint density at radius 1 is 1.06 bits per heavy atom. The van der Waals surface area contributed by atoms with Crippen molar-refractivity contribution < 1.29 is 18.0 Å². The molecule has 158 valence electrons. The van der Waals surface area contributed by atoms with Gasteiger partial charge in [-0.2, -0.15) is 0 Å². The lowest BCUT2D eigenvalue weighted by Crippen LogP contribution is -2.39. The van der Waals surface area contributed by atoms with Gasteiger partial charge in [-0.25, -0.2) is 12.7 Å². The highest BCUT2D eigenvalue weighted by Gasteiger charge is 2.49. The molecule has 31 heavy (non-hydrogen) atoms. The first-order chi connectivity index (χ1) is 15.0. The average molecular weight is 471 g/mol. The molecule has 3 aromatic rings. The molecule has 6 nitrogen and oxygen atoms in total. The van der Waals surface area contributed by atoms with E-state index in [2.05, 4.69) is 11.4 Å². The van der Waals surface area contributed by atoms with Crippen LogP contribution < -0.4 is 0 Å². The average Bonchev–Trinajstić information content (AvgIpc) is 3.17. The third-order valence-corrected chi connectivity index (χ3v) is 9.91. The predicted octanol–water partition coefficient (Wildman–Crippen LogP) is 3.90. The fraction of sp³-hybridized carbons (Fsp3) is 0.273. The Morgan fingerprint density at radius 2 is 1.90 bits per heavy atom. The molecule has 6 rings (SSSR count). The van der Waals surface area contributed by atoms with Crippen molar-refractivity contribution in [2.24, 2.45) is 0 Å². The van der Waals surface area contributed by atoms with Crippen LogP contribution in [0.25, 0.3) is 0 Å². The number of hydrogen-bond acceptors (Lipinski definition) is 6. The van der Waals surface area contributed by atoms with Crippen LogP contribution in [0.2, 0.25) is 0 Å². The van der Waals surface area contributed by atoms with Crippen molar-refractivity contribution in [3.05, 3.63) is 73.6 Å². The first kappa shape index (κ1) is 19.2. The maximum absolute atomic E-state index is 13.6. The van der Waals surface area contributed by atoms with Crippen molar-refractivity contribution in [1.29, 1.82) is 0 Å². The van der Waals surface area contributed by atoms with Gasteiger partial charge in [0.05, 0.1) is 11.6 Å². The molecule has 1 aromatic carbocycles. The van der Waals surface area contributed by atoms with Crippen molar-refractivity contribution in [2.75, 3.05) is 6.54 Å². The number of benzene rings is 1. The second-order valence-electron chi connectivity index (χ2n) is 8.01. The summed E-state index contributed by atoms with van der Waals surface area (Å²) in [4.78, 5) is 30.4. The first-order valence-corrected chi connectivity index (χ1v) is 13.3. The molecule has 0 N–H and O–H groups in total. The monoisotopic (exact) mass is 470 g/mol. The Hall–Kier alpha value is -2.49. The Labute approximate surface area is 187 Å². The van der Waals surface area contributed by atoms with Crippen LogP contribution in [0.1, 0.15) is 54.9 Å². The van der Waals surface area contributed by atoms with Gasteiger partial charge < -0.3 is 4.90 Å². The summed E-state index contributed by atoms with van der Waals surface area (Å²) in [5.74, 6) is -0.695. The minimum absolute atomic E-state index is 0.0452. The molecule has 2 amide bonds. The molecule has 2 aliphatic heterocycles. The number of fused-ring (bicyclic) bond motifs is 2. The van der Waals surface area contributed by atoms with Crippen LogP contribution in [0.4, 0.5) is 0 Å². The van der Waals surface area contributed by atoms with Gasteiger partial charge in [0.25, 0.3) is 21.8 Å². The molecule has 0 spiro atoms. The van der Waals surface area contributed by atoms with E-state index in [0.717, 1.165) is 21.2 Å². The summed E-state index contributed by atoms with van der Waals surface area (Å²) in [7, 11) is -3.90. The van der Waals surface area contributed by atoms with Crippen LogP contribution in [-0.2, 0) is 16.4 Å². The highest BCUT2D eigenvalue weighted by molar-refractivity contribution is 7.90. The van der Waals surface area contributed by atoms with E-state index in [-0.39, 0.29) is 28.4 Å². The Morgan fingerprint density at radius 3 is 2.65 bits per heavy atom. The molecule has 1 fully saturated rings. The molecule has 0 radical (unpaired) electrons. The summed E-state index contributed by atoms with van der Waals surface area (Å²) in [6.45, 7) is 0.561. The minimum Gasteiger partial charge on any atom is -0.326 e. The van der Waals surface area contributed by atoms with Gasteiger partial charge in [0.15, 0.2) is 0 Å². The van der Waals surface area contributed by atoms with E-state index in [1.54, 1.807) is 28.7 Å². The molecular formula is C22H18N2O4S3. The topological polar surface area (TPSA) is 74.8 Å². The van der Waals surface area contributed by atoms with Gasteiger partial charge in [-0.3, -0.25) is 9.59 Å². The molecular weight excluding hydrogens is 452 g/mol. The van der Waals surface area contributed by atoms with Crippen LogP contribution in [0.5, 0.6) is 0 Å². The number of carbonyl (C=O) groups excluding carboxylic acids is 2. The number of amides is 2. The van der Waals surface area contributed by atoms with Gasteiger partial charge in [0.2, 0.25) is 0 Å². The zero-order chi connectivity index (χ0) is 21.3. The predicted molar refractivity (Wildman–Crippen MR) is 118 cm³/mol. The number of sulfonamides is 1. The molecule has 0 bridgehead atoms. The van der Waals surface area contributed by atoms with Crippen LogP contribution >= 0.6 is 22.7 Å². The number of hydrogen-bond donors (Lipinski definition) is 0. The van der Waals surface area contributed by atoms with Gasteiger partial charge in [-0.1, -0.05) is 6.07 Å². The van der Waals surface area contributed by atoms with Crippen molar-refractivity contribution in [3.63, 3.8) is 0 Å². The van der Waals surface area contributed by atoms with Gasteiger partial charge in [-0.05, 0) is 65.9 Å². The SMILES string of the molecule is O=C(c1ccc2c(c1)S(=O)(=O)N(C1CC1)C2=O)N1CCc2sccc2C1c1cccs1. The molecule has 1 unspecified atom stereocenters. The fourth-order valence-electron chi connectivity index (χ4n) is 4.51. The normalized spacial score (nSPS) is 21.8. The van der Waals surface area contributed by atoms with Crippen molar-refractivity contribution in [3.8, 4) is 0 Å². The van der Waals surface area contributed by atoms with Crippen molar-refractivity contribution in [1.82, 2.24) is 9.21 Å². The maximum atomic E-state index is 13.6. The van der Waals surface area contributed by atoms with E-state index < -0.39 is 15.9 Å². The summed E-state index contributed by atoms with van der Waals surface area (Å²) >= 11 is 3.31. The third kappa shape index (κ3) is 2.83. The van der Waals surface area contributed by atoms with Gasteiger partial charge in [0.1, 0.15) is 4.90 Å². The zero-order valence-corrected chi connectivity index (χ0v) is 18.8. The highest BCUT2D eigenvalue weighted by atomic mass is 32.2. The van der Waals surface area contributed by atoms with Crippen LogP contribution in [0.15, 0.2) is 52.1 Å². The van der Waals surface area contributed by atoms with E-state index in [4.69, 9.17) is 0 Å². The van der Waals surface area contributed by atoms with Gasteiger partial charge >= 0.3 is 0 Å². The molecule has 4 heterocycles. The molecule has 3 aliphatic rings. The zero-order valence-electron chi connectivity index (χ0n) is 16.4. The molecule has 1 aliphatic carbocycles. The number of nitrogens with zero attached hydrogens (tertiary/aromatic N) is 2. The Balaban J connectivity index is 1.40. The van der Waals surface area contributed by atoms with E-state index in [1.165, 1.54) is 17.0 Å². The molecule has 9 heteroatoms. The molecule has 0 saturated heterocycles. The summed E-state index contributed by atoms with van der Waals surface area (Å²) in [6, 6.07) is 10.1. The lowest BCUT2D eigenvalue weighted by Gasteiger charge is -2.35. The van der Waals surface area contributed by atoms with Gasteiger partial charge in [0, 0.05) is 27.9 Å². The maximum Gasteiger partial charge on any atom is 0.269 e. The fourth-order valence-corrected chi connectivity index (χ4v) is 8.10. The minimum atomic E-state index is -3.90. The summed E-state index contributed by atoms with van der Waals surface area (Å²) < 4.78 is 27.0. The first-order valence-electron chi connectivity index (χ1n) is 10.1. The largest absolute Gasteiger partial charge is 0.326 e. The quantitative estimate of drug-likeness (QED) is 0.582. The Bertz CT molecular complexity index is 1320. The third-order valence-electron chi connectivity index (χ3n) is 6.11.